The minimum Gasteiger partial charge on any atom is -0.497 e. The first-order chi connectivity index (χ1) is 16.4. The number of methoxy groups -OCH3 is 2. The molecule has 1 N–H and O–H groups in total. The van der Waals surface area contributed by atoms with Crippen molar-refractivity contribution in [1.29, 1.82) is 0 Å². The van der Waals surface area contributed by atoms with Gasteiger partial charge in [-0.2, -0.15) is 5.10 Å². The number of hydrogen-bond donors (Lipinski definition) is 1. The zero-order valence-electron chi connectivity index (χ0n) is 19.3. The first-order valence-electron chi connectivity index (χ1n) is 10.6. The van der Waals surface area contributed by atoms with Gasteiger partial charge in [0.2, 0.25) is 0 Å². The van der Waals surface area contributed by atoms with Crippen LogP contribution in [0.2, 0.25) is 0 Å². The SMILES string of the molecule is CCc1ccccc1N(CC(=O)N/N=C\c1ccc(OC)cc1OC)S(=O)(=O)c1ccccc1. The molecule has 0 radical (unpaired) electrons. The van der Waals surface area contributed by atoms with E-state index in [2.05, 4.69) is 10.5 Å². The molecule has 0 fully saturated rings. The minimum absolute atomic E-state index is 0.0974. The van der Waals surface area contributed by atoms with Gasteiger partial charge in [-0.1, -0.05) is 43.3 Å². The van der Waals surface area contributed by atoms with Gasteiger partial charge >= 0.3 is 0 Å². The lowest BCUT2D eigenvalue weighted by atomic mass is 10.1. The molecular formula is C25H27N3O5S. The second kappa shape index (κ2) is 11.3. The summed E-state index contributed by atoms with van der Waals surface area (Å²) < 4.78 is 38.5. The first-order valence-corrected chi connectivity index (χ1v) is 12.0. The van der Waals surface area contributed by atoms with E-state index in [0.29, 0.717) is 29.2 Å². The Morgan fingerprint density at radius 1 is 1.00 bits per heavy atom. The van der Waals surface area contributed by atoms with Gasteiger partial charge in [0.05, 0.1) is 31.0 Å². The number of para-hydroxylation sites is 1. The number of amides is 1. The number of sulfonamides is 1. The minimum atomic E-state index is -3.99. The predicted molar refractivity (Wildman–Crippen MR) is 132 cm³/mol. The molecule has 178 valence electrons. The molecule has 0 heterocycles. The Balaban J connectivity index is 1.86. The van der Waals surface area contributed by atoms with Crippen LogP contribution in [-0.4, -0.2) is 41.3 Å². The Bertz CT molecular complexity index is 1260. The number of aryl methyl sites for hydroxylation is 1. The number of nitrogens with one attached hydrogen (secondary N) is 1. The van der Waals surface area contributed by atoms with E-state index in [9.17, 15) is 13.2 Å². The first kappa shape index (κ1) is 24.8. The maximum Gasteiger partial charge on any atom is 0.264 e. The van der Waals surface area contributed by atoms with E-state index in [1.807, 2.05) is 19.1 Å². The molecule has 8 nitrogen and oxygen atoms in total. The van der Waals surface area contributed by atoms with Crippen molar-refractivity contribution in [3.63, 3.8) is 0 Å². The molecule has 0 saturated carbocycles. The monoisotopic (exact) mass is 481 g/mol. The van der Waals surface area contributed by atoms with E-state index in [0.717, 1.165) is 9.87 Å². The molecular weight excluding hydrogens is 454 g/mol. The summed E-state index contributed by atoms with van der Waals surface area (Å²) >= 11 is 0. The van der Waals surface area contributed by atoms with E-state index in [1.54, 1.807) is 55.6 Å². The second-order valence-corrected chi connectivity index (χ2v) is 9.07. The van der Waals surface area contributed by atoms with Crippen LogP contribution in [0.25, 0.3) is 0 Å². The molecule has 34 heavy (non-hydrogen) atoms. The van der Waals surface area contributed by atoms with Crippen LogP contribution >= 0.6 is 0 Å². The maximum absolute atomic E-state index is 13.5. The Hall–Kier alpha value is -3.85. The van der Waals surface area contributed by atoms with E-state index in [-0.39, 0.29) is 4.90 Å². The van der Waals surface area contributed by atoms with Crippen LogP contribution in [0.4, 0.5) is 5.69 Å². The molecule has 0 aromatic heterocycles. The van der Waals surface area contributed by atoms with Crippen molar-refractivity contribution in [1.82, 2.24) is 5.43 Å². The molecule has 9 heteroatoms. The third-order valence-electron chi connectivity index (χ3n) is 5.09. The molecule has 0 aliphatic heterocycles. The van der Waals surface area contributed by atoms with Gasteiger partial charge in [-0.15, -0.1) is 0 Å². The average molecular weight is 482 g/mol. The molecule has 3 rings (SSSR count). The van der Waals surface area contributed by atoms with Gasteiger partial charge in [0.15, 0.2) is 0 Å². The van der Waals surface area contributed by atoms with Crippen LogP contribution in [0.15, 0.2) is 82.8 Å². The number of anilines is 1. The highest BCUT2D eigenvalue weighted by molar-refractivity contribution is 7.92. The molecule has 0 spiro atoms. The number of hydrogen-bond acceptors (Lipinski definition) is 6. The third kappa shape index (κ3) is 5.74. The highest BCUT2D eigenvalue weighted by Gasteiger charge is 2.28. The van der Waals surface area contributed by atoms with Gasteiger partial charge in [-0.25, -0.2) is 13.8 Å². The fourth-order valence-electron chi connectivity index (χ4n) is 3.34. The largest absolute Gasteiger partial charge is 0.497 e. The smallest absolute Gasteiger partial charge is 0.264 e. The molecule has 0 atom stereocenters. The number of ether oxygens (including phenoxy) is 2. The number of carbonyl (C=O) groups is 1. The van der Waals surface area contributed by atoms with Crippen molar-refractivity contribution < 1.29 is 22.7 Å². The van der Waals surface area contributed by atoms with Crippen molar-refractivity contribution >= 4 is 27.8 Å². The summed E-state index contributed by atoms with van der Waals surface area (Å²) in [7, 11) is -0.924. The summed E-state index contributed by atoms with van der Waals surface area (Å²) in [5.74, 6) is 0.547. The fraction of sp³-hybridized carbons (Fsp3) is 0.200. The quantitative estimate of drug-likeness (QED) is 0.352. The van der Waals surface area contributed by atoms with Crippen molar-refractivity contribution in [3.8, 4) is 11.5 Å². The summed E-state index contributed by atoms with van der Waals surface area (Å²) in [5.41, 5.74) is 4.28. The number of nitrogens with zero attached hydrogens (tertiary/aromatic N) is 2. The topological polar surface area (TPSA) is 97.3 Å². The van der Waals surface area contributed by atoms with Crippen LogP contribution in [0.3, 0.4) is 0 Å². The highest BCUT2D eigenvalue weighted by Crippen LogP contribution is 2.27. The predicted octanol–water partition coefficient (Wildman–Crippen LogP) is 3.61. The van der Waals surface area contributed by atoms with Crippen molar-refractivity contribution in [2.24, 2.45) is 5.10 Å². The molecule has 3 aromatic rings. The standard InChI is InChI=1S/C25H27N3O5S/c1-4-19-10-8-9-13-23(19)28(34(30,31)22-11-6-5-7-12-22)18-25(29)27-26-17-20-14-15-21(32-2)16-24(20)33-3/h5-17H,4,18H2,1-3H3,(H,27,29)/b26-17-. The summed E-state index contributed by atoms with van der Waals surface area (Å²) in [5, 5.41) is 3.98. The fourth-order valence-corrected chi connectivity index (χ4v) is 4.82. The van der Waals surface area contributed by atoms with Gasteiger partial charge in [-0.3, -0.25) is 9.10 Å². The maximum atomic E-state index is 13.5. The molecule has 0 aliphatic carbocycles. The Labute approximate surface area is 199 Å². The summed E-state index contributed by atoms with van der Waals surface area (Å²) in [6.45, 7) is 1.49. The van der Waals surface area contributed by atoms with E-state index >= 15 is 0 Å². The lowest BCUT2D eigenvalue weighted by molar-refractivity contribution is -0.119. The molecule has 1 amide bonds. The van der Waals surface area contributed by atoms with E-state index < -0.39 is 22.5 Å². The average Bonchev–Trinajstić information content (AvgIpc) is 2.87. The van der Waals surface area contributed by atoms with Crippen molar-refractivity contribution in [2.45, 2.75) is 18.2 Å². The number of carbonyl (C=O) groups excluding carboxylic acids is 1. The lowest BCUT2D eigenvalue weighted by Gasteiger charge is -2.25. The Morgan fingerprint density at radius 2 is 1.71 bits per heavy atom. The summed E-state index contributed by atoms with van der Waals surface area (Å²) in [6.07, 6.45) is 2.03. The highest BCUT2D eigenvalue weighted by atomic mass is 32.2. The lowest BCUT2D eigenvalue weighted by Crippen LogP contribution is -2.40. The van der Waals surface area contributed by atoms with Crippen molar-refractivity contribution in [2.75, 3.05) is 25.1 Å². The zero-order chi connectivity index (χ0) is 24.6. The summed E-state index contributed by atoms with van der Waals surface area (Å²) in [6, 6.07) is 20.3. The molecule has 0 saturated heterocycles. The van der Waals surface area contributed by atoms with E-state index in [4.69, 9.17) is 9.47 Å². The van der Waals surface area contributed by atoms with Crippen molar-refractivity contribution in [3.05, 3.63) is 83.9 Å². The van der Waals surface area contributed by atoms with Gasteiger partial charge < -0.3 is 9.47 Å². The molecule has 0 unspecified atom stereocenters. The van der Waals surface area contributed by atoms with Crippen LogP contribution in [0, 0.1) is 0 Å². The number of rotatable bonds is 10. The van der Waals surface area contributed by atoms with Crippen LogP contribution < -0.4 is 19.2 Å². The Kier molecular flexibility index (Phi) is 8.26. The summed E-state index contributed by atoms with van der Waals surface area (Å²) in [4.78, 5) is 12.9. The second-order valence-electron chi connectivity index (χ2n) is 7.21. The molecule has 3 aromatic carbocycles. The molecule has 0 bridgehead atoms. The molecule has 0 aliphatic rings. The Morgan fingerprint density at radius 3 is 2.38 bits per heavy atom. The van der Waals surface area contributed by atoms with Crippen LogP contribution in [0.5, 0.6) is 11.5 Å². The van der Waals surface area contributed by atoms with Crippen LogP contribution in [-0.2, 0) is 21.2 Å². The van der Waals surface area contributed by atoms with E-state index in [1.165, 1.54) is 25.5 Å². The number of benzene rings is 3. The normalized spacial score (nSPS) is 11.3. The third-order valence-corrected chi connectivity index (χ3v) is 6.87. The zero-order valence-corrected chi connectivity index (χ0v) is 20.1. The van der Waals surface area contributed by atoms with Crippen LogP contribution in [0.1, 0.15) is 18.1 Å². The van der Waals surface area contributed by atoms with Gasteiger partial charge in [-0.05, 0) is 42.3 Å². The van der Waals surface area contributed by atoms with Gasteiger partial charge in [0, 0.05) is 11.6 Å². The van der Waals surface area contributed by atoms with Gasteiger partial charge in [0.25, 0.3) is 15.9 Å². The number of hydrazone groups is 1. The van der Waals surface area contributed by atoms with Gasteiger partial charge in [0.1, 0.15) is 18.0 Å².